The molecule has 0 bridgehead atoms. The zero-order valence-electron chi connectivity index (χ0n) is 19.8. The molecule has 184 valence electrons. The fourth-order valence-electron chi connectivity index (χ4n) is 3.41. The van der Waals surface area contributed by atoms with E-state index in [1.54, 1.807) is 39.0 Å². The highest BCUT2D eigenvalue weighted by atomic mass is 31.2. The number of ether oxygens (including phenoxy) is 2. The molecule has 3 rings (SSSR count). The second-order valence-electron chi connectivity index (χ2n) is 7.34. The lowest BCUT2D eigenvalue weighted by atomic mass is 10.1. The Bertz CT molecular complexity index is 1130. The Kier molecular flexibility index (Phi) is 8.30. The van der Waals surface area contributed by atoms with Crippen LogP contribution in [0, 0.1) is 12.7 Å². The molecule has 0 aromatic heterocycles. The summed E-state index contributed by atoms with van der Waals surface area (Å²) in [5.41, 5.74) is 1.22. The number of methoxy groups -OCH3 is 2. The van der Waals surface area contributed by atoms with E-state index >= 15 is 0 Å². The third kappa shape index (κ3) is 5.75. The molecule has 2 aromatic rings. The predicted octanol–water partition coefficient (Wildman–Crippen LogP) is 5.04. The van der Waals surface area contributed by atoms with Gasteiger partial charge in [-0.15, -0.1) is 0 Å². The Morgan fingerprint density at radius 3 is 2.41 bits per heavy atom. The normalized spacial score (nSPS) is 13.8. The number of hydrogen-bond donors (Lipinski definition) is 0. The van der Waals surface area contributed by atoms with Gasteiger partial charge in [-0.1, -0.05) is 0 Å². The van der Waals surface area contributed by atoms with E-state index in [2.05, 4.69) is 4.99 Å². The van der Waals surface area contributed by atoms with Gasteiger partial charge < -0.3 is 18.9 Å². The molecule has 0 unspecified atom stereocenters. The molecule has 0 spiro atoms. The molecule has 9 nitrogen and oxygen atoms in total. The minimum Gasteiger partial charge on any atom is -0.497 e. The number of carbonyl (C=O) groups excluding carboxylic acids is 1. The van der Waals surface area contributed by atoms with Crippen LogP contribution in [0.5, 0.6) is 11.5 Å². The smallest absolute Gasteiger partial charge is 0.497 e. The van der Waals surface area contributed by atoms with E-state index in [4.69, 9.17) is 23.0 Å². The lowest BCUT2D eigenvalue weighted by Gasteiger charge is -2.24. The molecule has 1 aliphatic rings. The highest BCUT2D eigenvalue weighted by Crippen LogP contribution is 2.50. The summed E-state index contributed by atoms with van der Waals surface area (Å²) < 4.78 is 54.1. The van der Waals surface area contributed by atoms with Gasteiger partial charge >= 0.3 is 7.82 Å². The van der Waals surface area contributed by atoms with Crippen LogP contribution in [-0.2, 0) is 24.7 Å². The summed E-state index contributed by atoms with van der Waals surface area (Å²) in [6.07, 6.45) is 0. The Labute approximate surface area is 198 Å². The molecule has 1 heterocycles. The van der Waals surface area contributed by atoms with Crippen LogP contribution in [0.1, 0.15) is 35.3 Å². The summed E-state index contributed by atoms with van der Waals surface area (Å²) in [5, 5.41) is 0. The summed E-state index contributed by atoms with van der Waals surface area (Å²) in [7, 11) is -0.936. The molecule has 1 amide bonds. The van der Waals surface area contributed by atoms with Crippen LogP contribution < -0.4 is 9.47 Å². The molecule has 0 atom stereocenters. The number of amides is 1. The van der Waals surface area contributed by atoms with Gasteiger partial charge in [0.05, 0.1) is 51.8 Å². The van der Waals surface area contributed by atoms with Crippen LogP contribution in [0.25, 0.3) is 0 Å². The van der Waals surface area contributed by atoms with Crippen LogP contribution in [0.4, 0.5) is 10.1 Å². The van der Waals surface area contributed by atoms with Gasteiger partial charge in [-0.25, -0.2) is 13.9 Å². The first-order valence-corrected chi connectivity index (χ1v) is 12.2. The van der Waals surface area contributed by atoms with E-state index < -0.39 is 19.5 Å². The Hall–Kier alpha value is -2.94. The molecule has 0 saturated carbocycles. The van der Waals surface area contributed by atoms with Gasteiger partial charge in [-0.2, -0.15) is 0 Å². The molecule has 34 heavy (non-hydrogen) atoms. The summed E-state index contributed by atoms with van der Waals surface area (Å²) >= 11 is 0. The minimum atomic E-state index is -3.98. The third-order valence-corrected chi connectivity index (χ3v) is 6.60. The molecular weight excluding hydrogens is 466 g/mol. The number of halogens is 1. The lowest BCUT2D eigenvalue weighted by molar-refractivity contribution is 0.0761. The molecule has 11 heteroatoms. The largest absolute Gasteiger partial charge is 0.531 e. The molecule has 0 saturated heterocycles. The standard InChI is InChI=1S/C23H28FN2O7P/c1-6-31-34(28,32-7-2)33-22-14-26(13-16-8-9-17(29-4)11-21(16)30-5)23(27)18-12-19(24)15(3)10-20(18)25-22/h8-12H,6-7,13-14H2,1-5H3. The summed E-state index contributed by atoms with van der Waals surface area (Å²) in [5.74, 6) is 0.0154. The maximum absolute atomic E-state index is 14.4. The van der Waals surface area contributed by atoms with Crippen LogP contribution in [0.15, 0.2) is 35.3 Å². The highest BCUT2D eigenvalue weighted by Gasteiger charge is 2.33. The quantitative estimate of drug-likeness (QED) is 0.451. The van der Waals surface area contributed by atoms with Gasteiger partial charge in [0, 0.05) is 11.6 Å². The number of aliphatic imine (C=N–C) groups is 1. The number of fused-ring (bicyclic) bond motifs is 1. The monoisotopic (exact) mass is 494 g/mol. The number of benzene rings is 2. The van der Waals surface area contributed by atoms with Crippen molar-refractivity contribution in [2.75, 3.05) is 34.0 Å². The molecule has 0 radical (unpaired) electrons. The van der Waals surface area contributed by atoms with Crippen molar-refractivity contribution in [1.82, 2.24) is 4.90 Å². The van der Waals surface area contributed by atoms with Gasteiger partial charge in [0.2, 0.25) is 5.90 Å². The van der Waals surface area contributed by atoms with Crippen molar-refractivity contribution in [3.63, 3.8) is 0 Å². The number of phosphoric ester groups is 1. The van der Waals surface area contributed by atoms with Crippen molar-refractivity contribution in [2.45, 2.75) is 27.3 Å². The fourth-order valence-corrected chi connectivity index (χ4v) is 4.57. The lowest BCUT2D eigenvalue weighted by Crippen LogP contribution is -2.34. The summed E-state index contributed by atoms with van der Waals surface area (Å²) in [6.45, 7) is 4.94. The third-order valence-electron chi connectivity index (χ3n) is 5.01. The van der Waals surface area contributed by atoms with Gasteiger partial charge in [0.25, 0.3) is 5.91 Å². The maximum atomic E-state index is 14.4. The minimum absolute atomic E-state index is 0.0526. The van der Waals surface area contributed by atoms with Crippen LogP contribution in [-0.4, -0.2) is 50.7 Å². The van der Waals surface area contributed by atoms with E-state index in [1.807, 2.05) is 0 Å². The molecule has 0 aliphatic carbocycles. The topological polar surface area (TPSA) is 95.9 Å². The van der Waals surface area contributed by atoms with Crippen molar-refractivity contribution in [3.8, 4) is 11.5 Å². The van der Waals surface area contributed by atoms with Gasteiger partial charge in [0.15, 0.2) is 0 Å². The van der Waals surface area contributed by atoms with Crippen molar-refractivity contribution in [1.29, 1.82) is 0 Å². The average molecular weight is 494 g/mol. The molecule has 2 aromatic carbocycles. The number of rotatable bonds is 9. The van der Waals surface area contributed by atoms with Gasteiger partial charge in [-0.3, -0.25) is 13.8 Å². The number of hydrogen-bond acceptors (Lipinski definition) is 8. The Morgan fingerprint density at radius 2 is 1.79 bits per heavy atom. The number of phosphoric acid groups is 1. The number of nitrogens with zero attached hydrogens (tertiary/aromatic N) is 2. The zero-order chi connectivity index (χ0) is 24.9. The van der Waals surface area contributed by atoms with E-state index in [9.17, 15) is 13.8 Å². The molecule has 0 fully saturated rings. The zero-order valence-corrected chi connectivity index (χ0v) is 20.7. The number of carbonyl (C=O) groups is 1. The molecule has 0 N–H and O–H groups in total. The van der Waals surface area contributed by atoms with Crippen LogP contribution in [0.3, 0.4) is 0 Å². The SMILES string of the molecule is CCOP(=O)(OCC)OC1=Nc2cc(C)c(F)cc2C(=O)N(Cc2ccc(OC)cc2OC)C1. The van der Waals surface area contributed by atoms with Crippen molar-refractivity contribution in [3.05, 3.63) is 52.8 Å². The molecule has 1 aliphatic heterocycles. The fraction of sp³-hybridized carbons (Fsp3) is 0.391. The first kappa shape index (κ1) is 25.7. The molecular formula is C23H28FN2O7P. The summed E-state index contributed by atoms with van der Waals surface area (Å²) in [4.78, 5) is 19.2. The highest BCUT2D eigenvalue weighted by molar-refractivity contribution is 7.49. The first-order chi connectivity index (χ1) is 16.2. The van der Waals surface area contributed by atoms with Crippen molar-refractivity contribution < 1.29 is 36.8 Å². The van der Waals surface area contributed by atoms with E-state index in [0.29, 0.717) is 22.6 Å². The Balaban J connectivity index is 2.04. The second-order valence-corrected chi connectivity index (χ2v) is 8.93. The van der Waals surface area contributed by atoms with Gasteiger partial charge in [0.1, 0.15) is 17.3 Å². The summed E-state index contributed by atoms with van der Waals surface area (Å²) in [6, 6.07) is 7.77. The Morgan fingerprint density at radius 1 is 1.09 bits per heavy atom. The van der Waals surface area contributed by atoms with Crippen molar-refractivity contribution >= 4 is 25.3 Å². The van der Waals surface area contributed by atoms with E-state index in [0.717, 1.165) is 6.07 Å². The second kappa shape index (κ2) is 11.0. The predicted molar refractivity (Wildman–Crippen MR) is 124 cm³/mol. The van der Waals surface area contributed by atoms with Crippen molar-refractivity contribution in [2.24, 2.45) is 4.99 Å². The van der Waals surface area contributed by atoms with Gasteiger partial charge in [-0.05, 0) is 50.6 Å². The first-order valence-electron chi connectivity index (χ1n) is 10.7. The van der Waals surface area contributed by atoms with Crippen LogP contribution >= 0.6 is 7.82 Å². The average Bonchev–Trinajstić information content (AvgIpc) is 2.91. The van der Waals surface area contributed by atoms with E-state index in [-0.39, 0.29) is 43.5 Å². The number of aryl methyl sites for hydroxylation is 1. The van der Waals surface area contributed by atoms with Crippen LogP contribution in [0.2, 0.25) is 0 Å². The maximum Gasteiger partial charge on any atom is 0.531 e. The van der Waals surface area contributed by atoms with E-state index in [1.165, 1.54) is 25.2 Å².